The number of fused-ring (bicyclic) bond motifs is 2. The highest BCUT2D eigenvalue weighted by molar-refractivity contribution is 6.30. The van der Waals surface area contributed by atoms with Crippen LogP contribution in [-0.2, 0) is 30.6 Å². The number of hydrogen-bond acceptors (Lipinski definition) is 5. The Balaban J connectivity index is 1.31. The van der Waals surface area contributed by atoms with E-state index in [4.69, 9.17) is 11.6 Å². The van der Waals surface area contributed by atoms with Gasteiger partial charge >= 0.3 is 0 Å². The van der Waals surface area contributed by atoms with Crippen LogP contribution in [0, 0.1) is 12.7 Å². The van der Waals surface area contributed by atoms with Crippen LogP contribution in [0.15, 0.2) is 73.1 Å². The number of aromatic nitrogens is 2. The summed E-state index contributed by atoms with van der Waals surface area (Å²) < 4.78 is 15.5. The van der Waals surface area contributed by atoms with Gasteiger partial charge in [-0.3, -0.25) is 24.3 Å². The maximum atomic E-state index is 15.5. The predicted octanol–water partition coefficient (Wildman–Crippen LogP) is 5.16. The van der Waals surface area contributed by atoms with Crippen molar-refractivity contribution < 1.29 is 18.8 Å². The largest absolute Gasteiger partial charge is 0.324 e. The first kappa shape index (κ1) is 26.8. The van der Waals surface area contributed by atoms with Gasteiger partial charge in [0.2, 0.25) is 0 Å². The fourth-order valence-corrected chi connectivity index (χ4v) is 5.77. The molecule has 2 aromatic carbocycles. The van der Waals surface area contributed by atoms with Gasteiger partial charge in [-0.05, 0) is 78.1 Å². The summed E-state index contributed by atoms with van der Waals surface area (Å²) in [5, 5.41) is 0.437. The van der Waals surface area contributed by atoms with Crippen molar-refractivity contribution >= 4 is 35.0 Å². The molecule has 0 fully saturated rings. The molecule has 7 nitrogen and oxygen atoms in total. The van der Waals surface area contributed by atoms with Crippen LogP contribution in [0.2, 0.25) is 5.02 Å². The number of benzene rings is 2. The third-order valence-corrected chi connectivity index (χ3v) is 7.84. The van der Waals surface area contributed by atoms with E-state index in [0.29, 0.717) is 46.2 Å². The van der Waals surface area contributed by atoms with E-state index in [0.717, 1.165) is 11.1 Å². The van der Waals surface area contributed by atoms with Gasteiger partial charge in [-0.1, -0.05) is 29.8 Å². The molecule has 6 rings (SSSR count). The van der Waals surface area contributed by atoms with Crippen LogP contribution >= 0.6 is 11.6 Å². The average Bonchev–Trinajstić information content (AvgIpc) is 3.34. The monoisotopic (exact) mass is 568 g/mol. The van der Waals surface area contributed by atoms with E-state index in [1.807, 2.05) is 19.1 Å². The predicted molar refractivity (Wildman–Crippen MR) is 153 cm³/mol. The molecule has 2 aliphatic rings. The Morgan fingerprint density at radius 2 is 1.90 bits per heavy atom. The smallest absolute Gasteiger partial charge is 0.262 e. The second-order valence-electron chi connectivity index (χ2n) is 10.4. The summed E-state index contributed by atoms with van der Waals surface area (Å²) in [6.45, 7) is 2.34. The van der Waals surface area contributed by atoms with Gasteiger partial charge in [-0.2, -0.15) is 0 Å². The number of carbonyl (C=O) groups excluding carboxylic acids is 3. The minimum Gasteiger partial charge on any atom is -0.324 e. The molecule has 9 heteroatoms. The van der Waals surface area contributed by atoms with Crippen molar-refractivity contribution in [1.29, 1.82) is 0 Å². The molecule has 2 amide bonds. The molecular weight excluding hydrogens is 543 g/mol. The Morgan fingerprint density at radius 3 is 2.68 bits per heavy atom. The third kappa shape index (κ3) is 5.23. The topological polar surface area (TPSA) is 83.5 Å². The van der Waals surface area contributed by atoms with E-state index in [-0.39, 0.29) is 36.6 Å². The normalized spacial score (nSPS) is 16.4. The summed E-state index contributed by atoms with van der Waals surface area (Å²) in [5.41, 5.74) is 3.94. The molecule has 0 saturated heterocycles. The SMILES string of the molecule is Cc1cnc2c(c1)CCN2C(=O)c1ccc(CN2C(=O)c3ccc(Cl)cc3CC(=O)[C@H]2Cc2ccccn2)cc1F. The number of ketones is 1. The first-order chi connectivity index (χ1) is 19.8. The standard InChI is InChI=1S/C32H26ClFN4O3/c1-19-12-21-9-11-37(30(21)36-17-19)32(41)26-7-5-20(13-27(26)34)18-38-28(16-24-4-2-3-10-35-24)29(39)15-22-14-23(33)6-8-25(22)31(38)40/h2-8,10,12-14,17,28H,9,11,15-16,18H2,1H3/t28-/m1/s1. The van der Waals surface area contributed by atoms with Crippen molar-refractivity contribution in [3.8, 4) is 0 Å². The lowest BCUT2D eigenvalue weighted by molar-refractivity contribution is -0.122. The first-order valence-electron chi connectivity index (χ1n) is 13.4. The zero-order valence-electron chi connectivity index (χ0n) is 22.3. The molecule has 2 aromatic heterocycles. The fourth-order valence-electron chi connectivity index (χ4n) is 5.57. The number of carbonyl (C=O) groups is 3. The van der Waals surface area contributed by atoms with Crippen LogP contribution in [0.1, 0.15) is 48.7 Å². The van der Waals surface area contributed by atoms with Crippen molar-refractivity contribution in [3.63, 3.8) is 0 Å². The summed E-state index contributed by atoms with van der Waals surface area (Å²) in [6.07, 6.45) is 4.24. The molecule has 0 unspecified atom stereocenters. The molecule has 0 aliphatic carbocycles. The Kier molecular flexibility index (Phi) is 7.09. The van der Waals surface area contributed by atoms with Gasteiger partial charge in [0.25, 0.3) is 11.8 Å². The summed E-state index contributed by atoms with van der Waals surface area (Å²) in [5.74, 6) is -1.13. The van der Waals surface area contributed by atoms with Crippen LogP contribution in [0.3, 0.4) is 0 Å². The van der Waals surface area contributed by atoms with E-state index in [2.05, 4.69) is 9.97 Å². The molecule has 206 valence electrons. The quantitative estimate of drug-likeness (QED) is 0.332. The summed E-state index contributed by atoms with van der Waals surface area (Å²) >= 11 is 6.17. The number of amides is 2. The van der Waals surface area contributed by atoms with Gasteiger partial charge < -0.3 is 4.90 Å². The lowest BCUT2D eigenvalue weighted by Crippen LogP contribution is -2.45. The number of pyridine rings is 2. The van der Waals surface area contributed by atoms with Gasteiger partial charge in [0, 0.05) is 54.6 Å². The Hall–Kier alpha value is -4.43. The molecular formula is C32H26ClFN4O3. The highest BCUT2D eigenvalue weighted by atomic mass is 35.5. The van der Waals surface area contributed by atoms with E-state index in [1.54, 1.807) is 48.8 Å². The molecule has 4 aromatic rings. The molecule has 0 saturated carbocycles. The van der Waals surface area contributed by atoms with Gasteiger partial charge in [0.15, 0.2) is 5.78 Å². The highest BCUT2D eigenvalue weighted by Crippen LogP contribution is 2.30. The molecule has 4 heterocycles. The Bertz CT molecular complexity index is 1690. The molecule has 41 heavy (non-hydrogen) atoms. The van der Waals surface area contributed by atoms with Gasteiger partial charge in [0.1, 0.15) is 11.6 Å². The molecule has 0 radical (unpaired) electrons. The van der Waals surface area contributed by atoms with Crippen molar-refractivity contribution in [2.75, 3.05) is 11.4 Å². The maximum Gasteiger partial charge on any atom is 0.262 e. The Labute approximate surface area is 241 Å². The number of anilines is 1. The number of Topliss-reactive ketones (excluding diaryl/α,β-unsaturated/α-hetero) is 1. The summed E-state index contributed by atoms with van der Waals surface area (Å²) in [6, 6.07) is 15.8. The average molecular weight is 569 g/mol. The number of nitrogens with zero attached hydrogens (tertiary/aromatic N) is 4. The van der Waals surface area contributed by atoms with Crippen LogP contribution in [0.5, 0.6) is 0 Å². The number of halogens is 2. The lowest BCUT2D eigenvalue weighted by atomic mass is 9.99. The first-order valence-corrected chi connectivity index (χ1v) is 13.7. The molecule has 0 spiro atoms. The van der Waals surface area contributed by atoms with Crippen molar-refractivity contribution in [3.05, 3.63) is 123 Å². The lowest BCUT2D eigenvalue weighted by Gasteiger charge is -2.29. The molecule has 2 aliphatic heterocycles. The van der Waals surface area contributed by atoms with Crippen molar-refractivity contribution in [2.45, 2.75) is 38.8 Å². The second kappa shape index (κ2) is 10.9. The minimum absolute atomic E-state index is 0.0249. The van der Waals surface area contributed by atoms with Crippen LogP contribution in [0.4, 0.5) is 10.2 Å². The number of hydrogen-bond donors (Lipinski definition) is 0. The van der Waals surface area contributed by atoms with Gasteiger partial charge in [0.05, 0.1) is 11.6 Å². The van der Waals surface area contributed by atoms with Crippen LogP contribution in [0.25, 0.3) is 0 Å². The highest BCUT2D eigenvalue weighted by Gasteiger charge is 2.36. The Morgan fingerprint density at radius 1 is 1.05 bits per heavy atom. The maximum absolute atomic E-state index is 15.5. The van der Waals surface area contributed by atoms with E-state index >= 15 is 4.39 Å². The van der Waals surface area contributed by atoms with E-state index < -0.39 is 17.8 Å². The fraction of sp³-hybridized carbons (Fsp3) is 0.219. The summed E-state index contributed by atoms with van der Waals surface area (Å²) in [7, 11) is 0. The zero-order valence-corrected chi connectivity index (χ0v) is 23.1. The van der Waals surface area contributed by atoms with Crippen molar-refractivity contribution in [1.82, 2.24) is 14.9 Å². The van der Waals surface area contributed by atoms with Gasteiger partial charge in [-0.15, -0.1) is 0 Å². The van der Waals surface area contributed by atoms with E-state index in [9.17, 15) is 14.4 Å². The second-order valence-corrected chi connectivity index (χ2v) is 10.9. The van der Waals surface area contributed by atoms with Crippen molar-refractivity contribution in [2.24, 2.45) is 0 Å². The van der Waals surface area contributed by atoms with Crippen LogP contribution < -0.4 is 4.90 Å². The van der Waals surface area contributed by atoms with E-state index in [1.165, 1.54) is 21.9 Å². The molecule has 1 atom stereocenters. The third-order valence-electron chi connectivity index (χ3n) is 7.60. The van der Waals surface area contributed by atoms with Crippen LogP contribution in [-0.4, -0.2) is 45.1 Å². The minimum atomic E-state index is -0.816. The molecule has 0 N–H and O–H groups in total. The number of rotatable bonds is 5. The molecule has 0 bridgehead atoms. The zero-order chi connectivity index (χ0) is 28.7. The summed E-state index contributed by atoms with van der Waals surface area (Å²) in [4.78, 5) is 52.4. The van der Waals surface area contributed by atoms with Gasteiger partial charge in [-0.25, -0.2) is 9.37 Å². The number of aryl methyl sites for hydroxylation is 1.